The van der Waals surface area contributed by atoms with Gasteiger partial charge in [-0.3, -0.25) is 9.59 Å². The zero-order chi connectivity index (χ0) is 14.5. The van der Waals surface area contributed by atoms with Crippen LogP contribution in [0.2, 0.25) is 0 Å². The number of carbonyl (C=O) groups is 2. The fourth-order valence-electron chi connectivity index (χ4n) is 2.69. The standard InChI is InChI=1S/C14H27N3O2/c1-4-7-14(2,15)13(19)17-8-5-11(6-9-17)10-12(18)16-3/h11H,4-10,15H2,1-3H3,(H,16,18). The van der Waals surface area contributed by atoms with Crippen LogP contribution in [0, 0.1) is 5.92 Å². The number of carbonyl (C=O) groups excluding carboxylic acids is 2. The first-order valence-corrected chi connectivity index (χ1v) is 7.19. The minimum Gasteiger partial charge on any atom is -0.359 e. The van der Waals surface area contributed by atoms with E-state index in [4.69, 9.17) is 5.73 Å². The van der Waals surface area contributed by atoms with E-state index in [1.165, 1.54) is 0 Å². The summed E-state index contributed by atoms with van der Waals surface area (Å²) in [4.78, 5) is 25.5. The third kappa shape index (κ3) is 4.49. The Morgan fingerprint density at radius 1 is 1.37 bits per heavy atom. The molecule has 5 nitrogen and oxygen atoms in total. The van der Waals surface area contributed by atoms with Crippen molar-refractivity contribution in [3.8, 4) is 0 Å². The topological polar surface area (TPSA) is 75.4 Å². The van der Waals surface area contributed by atoms with Gasteiger partial charge in [-0.25, -0.2) is 0 Å². The Kier molecular flexibility index (Phi) is 5.79. The first-order chi connectivity index (χ1) is 8.90. The Bertz CT molecular complexity index is 321. The maximum Gasteiger partial charge on any atom is 0.242 e. The molecule has 0 bridgehead atoms. The molecule has 1 fully saturated rings. The Balaban J connectivity index is 2.45. The normalized spacial score (nSPS) is 19.9. The predicted molar refractivity (Wildman–Crippen MR) is 75.5 cm³/mol. The van der Waals surface area contributed by atoms with Gasteiger partial charge in [0.2, 0.25) is 11.8 Å². The molecule has 2 amide bonds. The molecule has 5 heteroatoms. The fourth-order valence-corrected chi connectivity index (χ4v) is 2.69. The monoisotopic (exact) mass is 269 g/mol. The van der Waals surface area contributed by atoms with E-state index in [1.54, 1.807) is 7.05 Å². The molecule has 1 aliphatic heterocycles. The highest BCUT2D eigenvalue weighted by atomic mass is 16.2. The number of hydrogen-bond acceptors (Lipinski definition) is 3. The average molecular weight is 269 g/mol. The highest BCUT2D eigenvalue weighted by Gasteiger charge is 2.33. The van der Waals surface area contributed by atoms with Crippen LogP contribution in [0.15, 0.2) is 0 Å². The molecule has 0 spiro atoms. The lowest BCUT2D eigenvalue weighted by Gasteiger charge is -2.36. The minimum atomic E-state index is -0.748. The lowest BCUT2D eigenvalue weighted by molar-refractivity contribution is -0.138. The van der Waals surface area contributed by atoms with Crippen molar-refractivity contribution in [1.29, 1.82) is 0 Å². The van der Waals surface area contributed by atoms with Gasteiger partial charge in [-0.05, 0) is 32.1 Å². The molecular weight excluding hydrogens is 242 g/mol. The average Bonchev–Trinajstić information content (AvgIpc) is 2.38. The van der Waals surface area contributed by atoms with E-state index in [9.17, 15) is 9.59 Å². The number of rotatable bonds is 5. The summed E-state index contributed by atoms with van der Waals surface area (Å²) in [6.45, 7) is 5.29. The van der Waals surface area contributed by atoms with E-state index >= 15 is 0 Å². The molecule has 1 unspecified atom stereocenters. The van der Waals surface area contributed by atoms with Crippen molar-refractivity contribution in [1.82, 2.24) is 10.2 Å². The van der Waals surface area contributed by atoms with Crippen molar-refractivity contribution in [2.45, 2.75) is 51.5 Å². The summed E-state index contributed by atoms with van der Waals surface area (Å²) < 4.78 is 0. The second-order valence-electron chi connectivity index (χ2n) is 5.78. The smallest absolute Gasteiger partial charge is 0.242 e. The van der Waals surface area contributed by atoms with Crippen LogP contribution in [-0.2, 0) is 9.59 Å². The molecule has 1 aliphatic rings. The third-order valence-corrected chi connectivity index (χ3v) is 3.91. The molecule has 1 heterocycles. The zero-order valence-electron chi connectivity index (χ0n) is 12.4. The Morgan fingerprint density at radius 3 is 2.42 bits per heavy atom. The summed E-state index contributed by atoms with van der Waals surface area (Å²) in [5, 5.41) is 2.65. The number of hydrogen-bond donors (Lipinski definition) is 2. The molecule has 0 aromatic rings. The number of nitrogens with one attached hydrogen (secondary N) is 1. The molecule has 0 saturated carbocycles. The first kappa shape index (κ1) is 16.0. The number of likely N-dealkylation sites (tertiary alicyclic amines) is 1. The van der Waals surface area contributed by atoms with Crippen LogP contribution in [-0.4, -0.2) is 42.4 Å². The lowest BCUT2D eigenvalue weighted by Crippen LogP contribution is -2.55. The fraction of sp³-hybridized carbons (Fsp3) is 0.857. The second kappa shape index (κ2) is 6.89. The van der Waals surface area contributed by atoms with E-state index in [1.807, 2.05) is 18.7 Å². The Morgan fingerprint density at radius 2 is 1.95 bits per heavy atom. The van der Waals surface area contributed by atoms with Gasteiger partial charge < -0.3 is 16.0 Å². The van der Waals surface area contributed by atoms with Gasteiger partial charge in [-0.15, -0.1) is 0 Å². The maximum atomic E-state index is 12.3. The maximum absolute atomic E-state index is 12.3. The molecule has 1 atom stereocenters. The third-order valence-electron chi connectivity index (χ3n) is 3.91. The van der Waals surface area contributed by atoms with Gasteiger partial charge in [0.25, 0.3) is 0 Å². The molecule has 0 aromatic carbocycles. The van der Waals surface area contributed by atoms with Gasteiger partial charge in [-0.2, -0.15) is 0 Å². The molecule has 0 aromatic heterocycles. The highest BCUT2D eigenvalue weighted by molar-refractivity contribution is 5.85. The summed E-state index contributed by atoms with van der Waals surface area (Å²) in [6.07, 6.45) is 3.96. The lowest BCUT2D eigenvalue weighted by atomic mass is 9.90. The van der Waals surface area contributed by atoms with Crippen LogP contribution in [0.4, 0.5) is 0 Å². The van der Waals surface area contributed by atoms with Crippen molar-refractivity contribution in [3.05, 3.63) is 0 Å². The molecule has 0 radical (unpaired) electrons. The molecule has 1 rings (SSSR count). The van der Waals surface area contributed by atoms with E-state index in [-0.39, 0.29) is 11.8 Å². The molecular formula is C14H27N3O2. The molecule has 1 saturated heterocycles. The quantitative estimate of drug-likeness (QED) is 0.778. The highest BCUT2D eigenvalue weighted by Crippen LogP contribution is 2.23. The van der Waals surface area contributed by atoms with Crippen LogP contribution in [0.5, 0.6) is 0 Å². The summed E-state index contributed by atoms with van der Waals surface area (Å²) in [5.74, 6) is 0.520. The number of piperidine rings is 1. The largest absolute Gasteiger partial charge is 0.359 e. The first-order valence-electron chi connectivity index (χ1n) is 7.19. The Labute approximate surface area is 115 Å². The SMILES string of the molecule is CCCC(C)(N)C(=O)N1CCC(CC(=O)NC)CC1. The van der Waals surface area contributed by atoms with Crippen molar-refractivity contribution in [2.24, 2.45) is 11.7 Å². The summed E-state index contributed by atoms with van der Waals surface area (Å²) in [6, 6.07) is 0. The molecule has 0 aliphatic carbocycles. The summed E-state index contributed by atoms with van der Waals surface area (Å²) in [7, 11) is 1.66. The van der Waals surface area contributed by atoms with E-state index in [2.05, 4.69) is 5.32 Å². The van der Waals surface area contributed by atoms with Gasteiger partial charge in [-0.1, -0.05) is 13.3 Å². The van der Waals surface area contributed by atoms with Crippen LogP contribution < -0.4 is 11.1 Å². The minimum absolute atomic E-state index is 0.0488. The summed E-state index contributed by atoms with van der Waals surface area (Å²) in [5.41, 5.74) is 5.34. The number of nitrogens with zero attached hydrogens (tertiary/aromatic N) is 1. The number of nitrogens with two attached hydrogens (primary N) is 1. The van der Waals surface area contributed by atoms with Crippen LogP contribution in [0.3, 0.4) is 0 Å². The van der Waals surface area contributed by atoms with Crippen molar-refractivity contribution in [2.75, 3.05) is 20.1 Å². The van der Waals surface area contributed by atoms with Crippen molar-refractivity contribution in [3.63, 3.8) is 0 Å². The van der Waals surface area contributed by atoms with Crippen LogP contribution in [0.1, 0.15) is 46.0 Å². The Hall–Kier alpha value is -1.10. The van der Waals surface area contributed by atoms with Crippen molar-refractivity contribution >= 4 is 11.8 Å². The molecule has 3 N–H and O–H groups in total. The van der Waals surface area contributed by atoms with E-state index in [0.717, 1.165) is 32.4 Å². The molecule has 19 heavy (non-hydrogen) atoms. The molecule has 110 valence electrons. The zero-order valence-corrected chi connectivity index (χ0v) is 12.4. The summed E-state index contributed by atoms with van der Waals surface area (Å²) >= 11 is 0. The van der Waals surface area contributed by atoms with Gasteiger partial charge in [0.1, 0.15) is 0 Å². The van der Waals surface area contributed by atoms with Gasteiger partial charge in [0.15, 0.2) is 0 Å². The van der Waals surface area contributed by atoms with Gasteiger partial charge >= 0.3 is 0 Å². The van der Waals surface area contributed by atoms with Gasteiger partial charge in [0, 0.05) is 26.6 Å². The number of amides is 2. The van der Waals surface area contributed by atoms with Crippen LogP contribution >= 0.6 is 0 Å². The van der Waals surface area contributed by atoms with Gasteiger partial charge in [0.05, 0.1) is 5.54 Å². The van der Waals surface area contributed by atoms with Crippen LogP contribution in [0.25, 0.3) is 0 Å². The predicted octanol–water partition coefficient (Wildman–Crippen LogP) is 0.879. The van der Waals surface area contributed by atoms with Crippen molar-refractivity contribution < 1.29 is 9.59 Å². The second-order valence-corrected chi connectivity index (χ2v) is 5.78. The van der Waals surface area contributed by atoms with E-state index < -0.39 is 5.54 Å². The van der Waals surface area contributed by atoms with E-state index in [0.29, 0.717) is 18.8 Å².